The molecule has 1 aromatic rings. The highest BCUT2D eigenvalue weighted by atomic mass is 16.5. The van der Waals surface area contributed by atoms with Crippen LogP contribution in [0.25, 0.3) is 0 Å². The minimum absolute atomic E-state index is 0.442. The van der Waals surface area contributed by atoms with Crippen LogP contribution in [0.2, 0.25) is 0 Å². The summed E-state index contributed by atoms with van der Waals surface area (Å²) in [6, 6.07) is 1.65. The van der Waals surface area contributed by atoms with Gasteiger partial charge in [0.25, 0.3) is 0 Å². The quantitative estimate of drug-likeness (QED) is 0.706. The van der Waals surface area contributed by atoms with E-state index >= 15 is 0 Å². The largest absolute Gasteiger partial charge is 0.451 e. The van der Waals surface area contributed by atoms with Gasteiger partial charge in [-0.1, -0.05) is 6.42 Å². The normalized spacial score (nSPS) is 19.0. The zero-order valence-electron chi connectivity index (χ0n) is 9.08. The predicted octanol–water partition coefficient (Wildman–Crippen LogP) is 0.866. The molecule has 1 fully saturated rings. The number of nitrogens with zero attached hydrogens (tertiary/aromatic N) is 3. The number of hydrogen-bond acceptors (Lipinski definition) is 5. The van der Waals surface area contributed by atoms with E-state index in [0.29, 0.717) is 5.88 Å². The lowest BCUT2D eigenvalue weighted by molar-refractivity contribution is -0.122. The number of hydrogen-bond donors (Lipinski definition) is 0. The summed E-state index contributed by atoms with van der Waals surface area (Å²) in [4.78, 5) is 20.8. The van der Waals surface area contributed by atoms with E-state index in [1.807, 2.05) is 4.90 Å². The van der Waals surface area contributed by atoms with Crippen molar-refractivity contribution in [2.24, 2.45) is 0 Å². The monoisotopic (exact) mass is 221 g/mol. The van der Waals surface area contributed by atoms with Crippen LogP contribution in [0.15, 0.2) is 18.6 Å². The Kier molecular flexibility index (Phi) is 3.82. The molecule has 0 saturated carbocycles. The van der Waals surface area contributed by atoms with Crippen molar-refractivity contribution < 1.29 is 9.53 Å². The Balaban J connectivity index is 1.97. The predicted molar refractivity (Wildman–Crippen MR) is 57.9 cm³/mol. The van der Waals surface area contributed by atoms with Crippen molar-refractivity contribution in [3.8, 4) is 5.88 Å². The van der Waals surface area contributed by atoms with Crippen molar-refractivity contribution in [3.63, 3.8) is 0 Å². The van der Waals surface area contributed by atoms with Gasteiger partial charge >= 0.3 is 0 Å². The molecule has 0 spiro atoms. The Bertz CT molecular complexity index is 325. The standard InChI is InChI=1S/C11H15N3O2/c15-8-11(14-6-2-1-3-7-14)16-10-4-5-12-9-13-10/h4-5,8-9,11H,1-3,6-7H2. The lowest BCUT2D eigenvalue weighted by Crippen LogP contribution is -2.43. The minimum atomic E-state index is -0.518. The second-order valence-electron chi connectivity index (χ2n) is 3.79. The topological polar surface area (TPSA) is 55.3 Å². The molecule has 0 N–H and O–H groups in total. The van der Waals surface area contributed by atoms with Crippen molar-refractivity contribution in [2.75, 3.05) is 13.1 Å². The van der Waals surface area contributed by atoms with Crippen LogP contribution in [0.5, 0.6) is 5.88 Å². The number of ether oxygens (including phenoxy) is 1. The molecule has 1 aromatic heterocycles. The van der Waals surface area contributed by atoms with E-state index < -0.39 is 6.23 Å². The van der Waals surface area contributed by atoms with Crippen molar-refractivity contribution in [1.82, 2.24) is 14.9 Å². The molecule has 0 aromatic carbocycles. The summed E-state index contributed by atoms with van der Waals surface area (Å²) < 4.78 is 5.51. The average Bonchev–Trinajstić information content (AvgIpc) is 2.38. The van der Waals surface area contributed by atoms with Gasteiger partial charge in [0.15, 0.2) is 6.29 Å². The summed E-state index contributed by atoms with van der Waals surface area (Å²) in [6.07, 6.45) is 6.79. The molecule has 86 valence electrons. The zero-order chi connectivity index (χ0) is 11.2. The number of aldehydes is 1. The Morgan fingerprint density at radius 3 is 2.81 bits per heavy atom. The third kappa shape index (κ3) is 2.76. The zero-order valence-corrected chi connectivity index (χ0v) is 9.08. The first-order valence-corrected chi connectivity index (χ1v) is 5.52. The summed E-state index contributed by atoms with van der Waals surface area (Å²) in [5.41, 5.74) is 0. The SMILES string of the molecule is O=CC(Oc1ccncn1)N1CCCCC1. The van der Waals surface area contributed by atoms with Crippen LogP contribution in [-0.2, 0) is 4.79 Å². The number of likely N-dealkylation sites (tertiary alicyclic amines) is 1. The maximum Gasteiger partial charge on any atom is 0.218 e. The molecule has 0 amide bonds. The van der Waals surface area contributed by atoms with Crippen LogP contribution < -0.4 is 4.74 Å². The summed E-state index contributed by atoms with van der Waals surface area (Å²) >= 11 is 0. The average molecular weight is 221 g/mol. The molecular weight excluding hydrogens is 206 g/mol. The van der Waals surface area contributed by atoms with E-state index in [1.165, 1.54) is 12.7 Å². The molecular formula is C11H15N3O2. The number of carbonyl (C=O) groups is 1. The fraction of sp³-hybridized carbons (Fsp3) is 0.545. The first-order chi connectivity index (χ1) is 7.90. The third-order valence-electron chi connectivity index (χ3n) is 2.66. The van der Waals surface area contributed by atoms with E-state index in [-0.39, 0.29) is 0 Å². The maximum absolute atomic E-state index is 11.0. The Morgan fingerprint density at radius 2 is 2.19 bits per heavy atom. The van der Waals surface area contributed by atoms with E-state index in [1.54, 1.807) is 12.3 Å². The molecule has 1 aliphatic heterocycles. The van der Waals surface area contributed by atoms with Crippen molar-refractivity contribution in [3.05, 3.63) is 18.6 Å². The number of rotatable bonds is 4. The lowest BCUT2D eigenvalue weighted by atomic mass is 10.1. The fourth-order valence-corrected chi connectivity index (χ4v) is 1.83. The van der Waals surface area contributed by atoms with Gasteiger partial charge in [-0.05, 0) is 12.8 Å². The van der Waals surface area contributed by atoms with Crippen molar-refractivity contribution in [1.29, 1.82) is 0 Å². The van der Waals surface area contributed by atoms with E-state index in [2.05, 4.69) is 9.97 Å². The molecule has 1 unspecified atom stereocenters. The molecule has 0 bridgehead atoms. The van der Waals surface area contributed by atoms with E-state index in [9.17, 15) is 4.79 Å². The minimum Gasteiger partial charge on any atom is -0.451 e. The summed E-state index contributed by atoms with van der Waals surface area (Å²) in [7, 11) is 0. The number of carbonyl (C=O) groups excluding carboxylic acids is 1. The van der Waals surface area contributed by atoms with Crippen LogP contribution in [0, 0.1) is 0 Å². The molecule has 2 rings (SSSR count). The fourth-order valence-electron chi connectivity index (χ4n) is 1.83. The summed E-state index contributed by atoms with van der Waals surface area (Å²) in [5.74, 6) is 0.442. The first-order valence-electron chi connectivity index (χ1n) is 5.52. The van der Waals surface area contributed by atoms with Gasteiger partial charge in [-0.3, -0.25) is 9.69 Å². The van der Waals surface area contributed by atoms with Gasteiger partial charge in [0.2, 0.25) is 12.1 Å². The smallest absolute Gasteiger partial charge is 0.218 e. The van der Waals surface area contributed by atoms with E-state index in [0.717, 1.165) is 32.2 Å². The molecule has 2 heterocycles. The van der Waals surface area contributed by atoms with Gasteiger partial charge < -0.3 is 4.74 Å². The van der Waals surface area contributed by atoms with Gasteiger partial charge in [-0.2, -0.15) is 0 Å². The number of aromatic nitrogens is 2. The van der Waals surface area contributed by atoms with Gasteiger partial charge in [0.05, 0.1) is 0 Å². The Hall–Kier alpha value is -1.49. The van der Waals surface area contributed by atoms with Crippen LogP contribution in [0.1, 0.15) is 19.3 Å². The van der Waals surface area contributed by atoms with Crippen LogP contribution >= 0.6 is 0 Å². The van der Waals surface area contributed by atoms with Crippen molar-refractivity contribution in [2.45, 2.75) is 25.5 Å². The van der Waals surface area contributed by atoms with Gasteiger partial charge in [-0.25, -0.2) is 9.97 Å². The maximum atomic E-state index is 11.0. The third-order valence-corrected chi connectivity index (χ3v) is 2.66. The molecule has 5 heteroatoms. The summed E-state index contributed by atoms with van der Waals surface area (Å²) in [6.45, 7) is 1.82. The van der Waals surface area contributed by atoms with Crippen LogP contribution in [0.4, 0.5) is 0 Å². The lowest BCUT2D eigenvalue weighted by Gasteiger charge is -2.30. The second-order valence-corrected chi connectivity index (χ2v) is 3.79. The second kappa shape index (κ2) is 5.55. The van der Waals surface area contributed by atoms with Crippen molar-refractivity contribution >= 4 is 6.29 Å². The highest BCUT2D eigenvalue weighted by Gasteiger charge is 2.21. The van der Waals surface area contributed by atoms with Gasteiger partial charge in [0.1, 0.15) is 6.33 Å². The molecule has 1 atom stereocenters. The molecule has 1 aliphatic rings. The van der Waals surface area contributed by atoms with E-state index in [4.69, 9.17) is 4.74 Å². The highest BCUT2D eigenvalue weighted by molar-refractivity contribution is 5.56. The van der Waals surface area contributed by atoms with Gasteiger partial charge in [0, 0.05) is 25.4 Å². The Labute approximate surface area is 94.5 Å². The highest BCUT2D eigenvalue weighted by Crippen LogP contribution is 2.14. The van der Waals surface area contributed by atoms with Crippen LogP contribution in [-0.4, -0.2) is 40.5 Å². The molecule has 5 nitrogen and oxygen atoms in total. The van der Waals surface area contributed by atoms with Crippen LogP contribution in [0.3, 0.4) is 0 Å². The number of piperidine rings is 1. The molecule has 16 heavy (non-hydrogen) atoms. The summed E-state index contributed by atoms with van der Waals surface area (Å²) in [5, 5.41) is 0. The Morgan fingerprint density at radius 1 is 1.38 bits per heavy atom. The molecule has 1 saturated heterocycles. The molecule has 0 radical (unpaired) electrons. The molecule has 0 aliphatic carbocycles. The first kappa shape index (κ1) is 11.0. The van der Waals surface area contributed by atoms with Gasteiger partial charge in [-0.15, -0.1) is 0 Å².